The van der Waals surface area contributed by atoms with Gasteiger partial charge < -0.3 is 39.0 Å². The highest BCUT2D eigenvalue weighted by molar-refractivity contribution is 6.25. The van der Waals surface area contributed by atoms with Crippen LogP contribution in [0, 0.1) is 0 Å². The van der Waals surface area contributed by atoms with E-state index in [0.29, 0.717) is 6.54 Å². The van der Waals surface area contributed by atoms with Crippen LogP contribution < -0.4 is 29.3 Å². The Morgan fingerprint density at radius 1 is 1.35 bits per heavy atom. The van der Waals surface area contributed by atoms with Crippen LogP contribution in [0.5, 0.6) is 0 Å². The van der Waals surface area contributed by atoms with Gasteiger partial charge in [-0.2, -0.15) is 0 Å². The van der Waals surface area contributed by atoms with E-state index in [0.717, 1.165) is 30.2 Å². The molecule has 0 spiro atoms. The van der Waals surface area contributed by atoms with Crippen LogP contribution in [0.4, 0.5) is 0 Å². The van der Waals surface area contributed by atoms with Crippen LogP contribution in [0.15, 0.2) is 35.5 Å². The Hall–Kier alpha value is -1.15. The first-order chi connectivity index (χ1) is 9.03. The number of quaternary nitrogens is 1. The Morgan fingerprint density at radius 3 is 2.60 bits per heavy atom. The fraction of sp³-hybridized carbons (Fsp3) is 0.429. The average Bonchev–Trinajstić information content (AvgIpc) is 2.36. The van der Waals surface area contributed by atoms with Crippen molar-refractivity contribution in [3.05, 3.63) is 35.9 Å². The number of nitrogens with zero attached hydrogens (tertiary/aromatic N) is 2. The number of rotatable bonds is 7. The molecule has 1 aromatic carbocycles. The fourth-order valence-corrected chi connectivity index (χ4v) is 1.97. The summed E-state index contributed by atoms with van der Waals surface area (Å²) >= 11 is 0. The molecule has 0 saturated carbocycles. The van der Waals surface area contributed by atoms with Gasteiger partial charge in [-0.15, -0.1) is 0 Å². The monoisotopic (exact) mass is 391 g/mol. The highest BCUT2D eigenvalue weighted by atomic mass is 127. The Labute approximate surface area is 137 Å². The lowest BCUT2D eigenvalue weighted by atomic mass is 10.2. The Kier molecular flexibility index (Phi) is 9.15. The molecule has 1 rings (SSSR count). The normalized spacial score (nSPS) is 11.1. The summed E-state index contributed by atoms with van der Waals surface area (Å²) in [5.74, 6) is -0.365. The average molecular weight is 391 g/mol. The molecule has 0 unspecified atom stereocenters. The number of benzene rings is 1. The van der Waals surface area contributed by atoms with Gasteiger partial charge in [-0.25, -0.2) is 0 Å². The molecule has 0 fully saturated rings. The SMILES string of the molecule is C[N+](C)(CCCNC(=O)/C=N/O)Cc1ccccc1.[I-]. The van der Waals surface area contributed by atoms with Crippen LogP contribution in [-0.2, 0) is 11.3 Å². The standard InChI is InChI=1S/C14H21N3O2.HI/c1-17(2,12-13-7-4-3-5-8-13)10-6-9-15-14(18)11-16-19;/h3-5,7-8,11H,6,9-10,12H2,1-2H3,(H-,15,18,19);1H. The zero-order chi connectivity index (χ0) is 14.1. The van der Waals surface area contributed by atoms with E-state index >= 15 is 0 Å². The molecule has 20 heavy (non-hydrogen) atoms. The number of hydrogen-bond donors (Lipinski definition) is 2. The molecule has 0 heterocycles. The number of carbonyl (C=O) groups is 1. The molecule has 0 atom stereocenters. The number of hydrogen-bond acceptors (Lipinski definition) is 3. The van der Waals surface area contributed by atoms with Crippen LogP contribution in [-0.4, -0.2) is 49.0 Å². The van der Waals surface area contributed by atoms with Crippen LogP contribution >= 0.6 is 0 Å². The molecule has 6 heteroatoms. The van der Waals surface area contributed by atoms with E-state index in [1.165, 1.54) is 5.56 Å². The molecule has 1 aromatic rings. The lowest BCUT2D eigenvalue weighted by molar-refractivity contribution is -0.903. The van der Waals surface area contributed by atoms with Gasteiger partial charge in [0.15, 0.2) is 0 Å². The second kappa shape index (κ2) is 9.71. The van der Waals surface area contributed by atoms with Crippen LogP contribution in [0.25, 0.3) is 0 Å². The van der Waals surface area contributed by atoms with Gasteiger partial charge in [-0.1, -0.05) is 35.5 Å². The molecule has 112 valence electrons. The Bertz CT molecular complexity index is 422. The Balaban J connectivity index is 0.00000361. The molecule has 0 saturated heterocycles. The number of nitrogens with one attached hydrogen (secondary N) is 1. The van der Waals surface area contributed by atoms with Gasteiger partial charge in [0.05, 0.1) is 20.6 Å². The minimum atomic E-state index is -0.365. The van der Waals surface area contributed by atoms with Gasteiger partial charge in [0.1, 0.15) is 12.8 Å². The van der Waals surface area contributed by atoms with Crippen molar-refractivity contribution in [1.82, 2.24) is 5.32 Å². The zero-order valence-electron chi connectivity index (χ0n) is 11.9. The van der Waals surface area contributed by atoms with E-state index in [1.54, 1.807) is 0 Å². The third-order valence-corrected chi connectivity index (χ3v) is 2.87. The van der Waals surface area contributed by atoms with Crippen molar-refractivity contribution < 1.29 is 38.5 Å². The largest absolute Gasteiger partial charge is 1.00 e. The third-order valence-electron chi connectivity index (χ3n) is 2.87. The number of oxime groups is 1. The van der Waals surface area contributed by atoms with Crippen molar-refractivity contribution in [2.45, 2.75) is 13.0 Å². The van der Waals surface area contributed by atoms with Crippen LogP contribution in [0.3, 0.4) is 0 Å². The Morgan fingerprint density at radius 2 is 2.00 bits per heavy atom. The van der Waals surface area contributed by atoms with E-state index in [-0.39, 0.29) is 29.9 Å². The summed E-state index contributed by atoms with van der Waals surface area (Å²) in [7, 11) is 4.34. The lowest BCUT2D eigenvalue weighted by Gasteiger charge is -2.30. The molecular formula is C14H22IN3O2. The fourth-order valence-electron chi connectivity index (χ4n) is 1.97. The second-order valence-electron chi connectivity index (χ2n) is 5.19. The molecule has 0 aliphatic carbocycles. The van der Waals surface area contributed by atoms with E-state index in [4.69, 9.17) is 5.21 Å². The van der Waals surface area contributed by atoms with Gasteiger partial charge in [0.25, 0.3) is 5.91 Å². The summed E-state index contributed by atoms with van der Waals surface area (Å²) in [5.41, 5.74) is 1.31. The van der Waals surface area contributed by atoms with Gasteiger partial charge in [0, 0.05) is 18.5 Å². The van der Waals surface area contributed by atoms with Gasteiger partial charge in [-0.05, 0) is 0 Å². The highest BCUT2D eigenvalue weighted by Gasteiger charge is 2.15. The predicted octanol–water partition coefficient (Wildman–Crippen LogP) is -1.77. The summed E-state index contributed by atoms with van der Waals surface area (Å²) in [4.78, 5) is 11.0. The summed E-state index contributed by atoms with van der Waals surface area (Å²) in [6, 6.07) is 10.4. The number of halogens is 1. The first kappa shape index (κ1) is 18.9. The molecular weight excluding hydrogens is 369 g/mol. The van der Waals surface area contributed by atoms with Gasteiger partial charge in [0.2, 0.25) is 0 Å². The van der Waals surface area contributed by atoms with Gasteiger partial charge in [-0.3, -0.25) is 4.79 Å². The first-order valence-corrected chi connectivity index (χ1v) is 6.35. The number of carbonyl (C=O) groups excluding carboxylic acids is 1. The van der Waals surface area contributed by atoms with E-state index in [1.807, 2.05) is 18.2 Å². The molecule has 1 amide bonds. The summed E-state index contributed by atoms with van der Waals surface area (Å²) in [6.07, 6.45) is 1.74. The minimum absolute atomic E-state index is 0. The van der Waals surface area contributed by atoms with E-state index in [9.17, 15) is 4.79 Å². The maximum Gasteiger partial charge on any atom is 0.265 e. The van der Waals surface area contributed by atoms with Crippen molar-refractivity contribution in [3.63, 3.8) is 0 Å². The minimum Gasteiger partial charge on any atom is -1.00 e. The molecule has 2 N–H and O–H groups in total. The van der Waals surface area contributed by atoms with Crippen molar-refractivity contribution in [2.75, 3.05) is 27.2 Å². The predicted molar refractivity (Wildman–Crippen MR) is 75.0 cm³/mol. The maximum atomic E-state index is 11.0. The van der Waals surface area contributed by atoms with Crippen molar-refractivity contribution in [1.29, 1.82) is 0 Å². The molecule has 0 aliphatic rings. The highest BCUT2D eigenvalue weighted by Crippen LogP contribution is 2.09. The van der Waals surface area contributed by atoms with Crippen molar-refractivity contribution in [3.8, 4) is 0 Å². The van der Waals surface area contributed by atoms with E-state index < -0.39 is 0 Å². The summed E-state index contributed by atoms with van der Waals surface area (Å²) in [5, 5.41) is 13.5. The quantitative estimate of drug-likeness (QED) is 0.144. The summed E-state index contributed by atoms with van der Waals surface area (Å²) < 4.78 is 0.869. The van der Waals surface area contributed by atoms with Crippen molar-refractivity contribution >= 4 is 12.1 Å². The van der Waals surface area contributed by atoms with E-state index in [2.05, 4.69) is 36.7 Å². The van der Waals surface area contributed by atoms with Crippen LogP contribution in [0.2, 0.25) is 0 Å². The molecule has 0 aromatic heterocycles. The molecule has 0 aliphatic heterocycles. The number of amides is 1. The maximum absolute atomic E-state index is 11.0. The molecule has 0 bridgehead atoms. The van der Waals surface area contributed by atoms with Gasteiger partial charge >= 0.3 is 0 Å². The third kappa shape index (κ3) is 8.11. The smallest absolute Gasteiger partial charge is 0.265 e. The lowest BCUT2D eigenvalue weighted by Crippen LogP contribution is -3.00. The molecule has 5 nitrogen and oxygen atoms in total. The summed E-state index contributed by atoms with van der Waals surface area (Å²) in [6.45, 7) is 2.51. The molecule has 0 radical (unpaired) electrons. The van der Waals surface area contributed by atoms with Crippen molar-refractivity contribution in [2.24, 2.45) is 5.16 Å². The second-order valence-corrected chi connectivity index (χ2v) is 5.19. The van der Waals surface area contributed by atoms with Crippen LogP contribution in [0.1, 0.15) is 12.0 Å². The topological polar surface area (TPSA) is 61.7 Å². The zero-order valence-corrected chi connectivity index (χ0v) is 14.1. The first-order valence-electron chi connectivity index (χ1n) is 6.35.